The van der Waals surface area contributed by atoms with Crippen LogP contribution in [0.1, 0.15) is 362 Å². The smallest absolute Gasteiger partial charge is 0.168 e. The predicted octanol–water partition coefficient (Wildman–Crippen LogP) is 30.9. The maximum Gasteiger partial charge on any atom is 0.168 e. The van der Waals surface area contributed by atoms with Crippen molar-refractivity contribution in [2.24, 2.45) is 0 Å². The third kappa shape index (κ3) is 42.7. The van der Waals surface area contributed by atoms with Crippen LogP contribution in [0, 0.1) is 79.8 Å². The average Bonchev–Trinajstić information content (AvgIpc) is 1.78. The highest BCUT2D eigenvalue weighted by Crippen LogP contribution is 2.40. The molecule has 11 aromatic rings. The molecular formula is C109H156BrF3N10O. The maximum atomic E-state index is 13.5. The van der Waals surface area contributed by atoms with E-state index in [2.05, 4.69) is 298 Å². The van der Waals surface area contributed by atoms with Gasteiger partial charge in [0.15, 0.2) is 11.6 Å². The van der Waals surface area contributed by atoms with E-state index in [4.69, 9.17) is 9.72 Å². The summed E-state index contributed by atoms with van der Waals surface area (Å²) in [5.74, 6) is 2.29. The Morgan fingerprint density at radius 1 is 0.355 bits per heavy atom. The van der Waals surface area contributed by atoms with Gasteiger partial charge in [0.1, 0.15) is 16.2 Å². The fraction of sp³-hybridized carbons (Fsp3) is 0.486. The number of rotatable bonds is 6. The zero-order chi connectivity index (χ0) is 94.8. The first-order valence-corrected chi connectivity index (χ1v) is 44.7. The van der Waals surface area contributed by atoms with Crippen molar-refractivity contribution in [2.45, 2.75) is 343 Å². The van der Waals surface area contributed by atoms with E-state index in [1.807, 2.05) is 165 Å². The lowest BCUT2D eigenvalue weighted by molar-refractivity contribution is 0.383. The standard InChI is InChI=1S/C12H17N.C11H15F.C10H14FN.C10H13FO.4C10H15N.2C9H13N.C8H11BrN2/c1-12(2,3)11-6-4-5-10(13-11)9-7-8-9;1-8-6-5-7-9(10(8)12)11(2,3)4;1-7-5-6-8(11)9(12-7)10(2,3)4;1-7(2)8-5-4-6-9(12-3)10(8)11;1-8-5-9(7-11-6-8)10(2,3)4;3*1-8-6-5-7-9(11-8)10(2,3)4;2*1-7(2)9-6-4-5-8(3)10-9;1-5(2)7-4-10-6(3)8(9)11-7/h4-6,9H,7-8H2,1-3H3;5-7H,1-4H3;5-6H,1-4H3;4-7H,1-3H3;4*5-7H,1-4H3;2*4-7H,1-3H3;4-5H,1-3H3. The largest absolute Gasteiger partial charge is 0.494 e. The van der Waals surface area contributed by atoms with Gasteiger partial charge in [-0.3, -0.25) is 44.9 Å². The van der Waals surface area contributed by atoms with Gasteiger partial charge >= 0.3 is 0 Å². The molecule has 0 N–H and O–H groups in total. The van der Waals surface area contributed by atoms with Gasteiger partial charge in [-0.2, -0.15) is 0 Å². The Bertz CT molecular complexity index is 4700. The minimum Gasteiger partial charge on any atom is -0.494 e. The second-order valence-corrected chi connectivity index (χ2v) is 41.2. The van der Waals surface area contributed by atoms with Crippen LogP contribution in [0.5, 0.6) is 5.75 Å². The molecule has 124 heavy (non-hydrogen) atoms. The number of benzene rings is 2. The number of aryl methyl sites for hydroxylation is 9. The fourth-order valence-electron chi connectivity index (χ4n) is 11.2. The van der Waals surface area contributed by atoms with Crippen molar-refractivity contribution in [3.63, 3.8) is 0 Å². The predicted molar refractivity (Wildman–Crippen MR) is 525 cm³/mol. The van der Waals surface area contributed by atoms with Gasteiger partial charge in [0.25, 0.3) is 0 Å². The zero-order valence-corrected chi connectivity index (χ0v) is 85.1. The lowest BCUT2D eigenvalue weighted by atomic mass is 9.86. The lowest BCUT2D eigenvalue weighted by Crippen LogP contribution is -2.16. The molecule has 0 saturated heterocycles. The van der Waals surface area contributed by atoms with E-state index in [1.54, 1.807) is 37.3 Å². The Kier molecular flexibility index (Phi) is 45.4. The van der Waals surface area contributed by atoms with Gasteiger partial charge < -0.3 is 4.74 Å². The summed E-state index contributed by atoms with van der Waals surface area (Å²) in [4.78, 5) is 43.6. The molecule has 1 aliphatic rings. The molecule has 0 bridgehead atoms. The Hall–Kier alpha value is -9.21. The second-order valence-electron chi connectivity index (χ2n) is 40.5. The van der Waals surface area contributed by atoms with Gasteiger partial charge in [0.05, 0.1) is 24.2 Å². The number of hydrogen-bond donors (Lipinski definition) is 0. The van der Waals surface area contributed by atoms with Gasteiger partial charge in [-0.15, -0.1) is 0 Å². The second kappa shape index (κ2) is 50.8. The van der Waals surface area contributed by atoms with E-state index in [0.29, 0.717) is 34.8 Å². The molecule has 0 radical (unpaired) electrons. The monoisotopic (exact) mass is 1760 g/mol. The summed E-state index contributed by atoms with van der Waals surface area (Å²) in [5, 5.41) is 0. The molecule has 12 rings (SSSR count). The molecular weight excluding hydrogens is 1600 g/mol. The van der Waals surface area contributed by atoms with Crippen LogP contribution in [-0.2, 0) is 37.9 Å². The van der Waals surface area contributed by atoms with Crippen LogP contribution in [0.25, 0.3) is 0 Å². The van der Waals surface area contributed by atoms with Crippen molar-refractivity contribution in [3.8, 4) is 5.75 Å². The quantitative estimate of drug-likeness (QED) is 0.157. The summed E-state index contributed by atoms with van der Waals surface area (Å²) in [5.41, 5.74) is 22.6. The molecule has 9 heterocycles. The van der Waals surface area contributed by atoms with Crippen LogP contribution >= 0.6 is 15.9 Å². The molecule has 11 nitrogen and oxygen atoms in total. The molecule has 15 heteroatoms. The van der Waals surface area contributed by atoms with Gasteiger partial charge in [0, 0.05) is 126 Å². The van der Waals surface area contributed by atoms with E-state index in [0.717, 1.165) is 84.3 Å². The van der Waals surface area contributed by atoms with E-state index >= 15 is 0 Å². The number of aromatic nitrogens is 10. The van der Waals surface area contributed by atoms with Crippen LogP contribution in [0.15, 0.2) is 187 Å². The highest BCUT2D eigenvalue weighted by atomic mass is 79.9. The molecule has 1 aliphatic carbocycles. The molecule has 9 aromatic heterocycles. The summed E-state index contributed by atoms with van der Waals surface area (Å²) >= 11 is 3.34. The molecule has 676 valence electrons. The first-order chi connectivity index (χ1) is 57.1. The number of pyridine rings is 8. The summed E-state index contributed by atoms with van der Waals surface area (Å²) in [6.07, 6.45) is 8.31. The van der Waals surface area contributed by atoms with Crippen LogP contribution in [0.4, 0.5) is 13.2 Å². The molecule has 0 unspecified atom stereocenters. The minimum atomic E-state index is -0.241. The zero-order valence-electron chi connectivity index (χ0n) is 83.5. The van der Waals surface area contributed by atoms with E-state index in [9.17, 15) is 13.2 Å². The van der Waals surface area contributed by atoms with Crippen molar-refractivity contribution in [1.82, 2.24) is 49.8 Å². The third-order valence-corrected chi connectivity index (χ3v) is 20.0. The van der Waals surface area contributed by atoms with Gasteiger partial charge in [0.2, 0.25) is 0 Å². The van der Waals surface area contributed by atoms with Crippen LogP contribution in [-0.4, -0.2) is 56.9 Å². The summed E-state index contributed by atoms with van der Waals surface area (Å²) in [7, 11) is 1.47. The summed E-state index contributed by atoms with van der Waals surface area (Å²) in [6.45, 7) is 79.3. The van der Waals surface area contributed by atoms with Crippen molar-refractivity contribution >= 4 is 15.9 Å². The van der Waals surface area contributed by atoms with Gasteiger partial charge in [-0.05, 0) is 244 Å². The van der Waals surface area contributed by atoms with Crippen LogP contribution in [0.3, 0.4) is 0 Å². The molecule has 1 fully saturated rings. The number of methoxy groups -OCH3 is 1. The average molecular weight is 1760 g/mol. The Balaban J connectivity index is 0.000000462. The molecule has 0 atom stereocenters. The lowest BCUT2D eigenvalue weighted by Gasteiger charge is -2.20. The van der Waals surface area contributed by atoms with Crippen molar-refractivity contribution in [3.05, 3.63) is 323 Å². The van der Waals surface area contributed by atoms with Crippen molar-refractivity contribution < 1.29 is 17.9 Å². The molecule has 0 amide bonds. The molecule has 2 aromatic carbocycles. The van der Waals surface area contributed by atoms with Crippen LogP contribution < -0.4 is 4.74 Å². The number of halogens is 4. The van der Waals surface area contributed by atoms with Crippen molar-refractivity contribution in [1.29, 1.82) is 0 Å². The van der Waals surface area contributed by atoms with Gasteiger partial charge in [-0.1, -0.05) is 274 Å². The van der Waals surface area contributed by atoms with Crippen molar-refractivity contribution in [2.75, 3.05) is 7.11 Å². The maximum absolute atomic E-state index is 13.5. The Labute approximate surface area is 758 Å². The highest BCUT2D eigenvalue weighted by molar-refractivity contribution is 9.10. The van der Waals surface area contributed by atoms with E-state index in [-0.39, 0.29) is 61.3 Å². The van der Waals surface area contributed by atoms with Crippen LogP contribution in [0.2, 0.25) is 0 Å². The molecule has 0 aliphatic heterocycles. The summed E-state index contributed by atoms with van der Waals surface area (Å²) in [6, 6.07) is 53.3. The Morgan fingerprint density at radius 3 is 1.05 bits per heavy atom. The Morgan fingerprint density at radius 2 is 0.742 bits per heavy atom. The van der Waals surface area contributed by atoms with Gasteiger partial charge in [-0.25, -0.2) is 18.2 Å². The number of hydrogen-bond acceptors (Lipinski definition) is 11. The normalized spacial score (nSPS) is 11.9. The molecule has 1 saturated carbocycles. The highest BCUT2D eigenvalue weighted by Gasteiger charge is 2.27. The fourth-order valence-corrected chi connectivity index (χ4v) is 11.5. The third-order valence-electron chi connectivity index (χ3n) is 19.3. The van der Waals surface area contributed by atoms with E-state index < -0.39 is 0 Å². The SMILES string of the molecule is CC(C)(C)c1cccc(C2CC2)n1.COc1cccc(C(C)C)c1F.Cc1ccc(F)c(C(C)(C)C)n1.Cc1cccc(C(C)(C)C)c1F.Cc1cccc(C(C)(C)C)n1.Cc1cccc(C(C)(C)C)n1.Cc1cccc(C(C)(C)C)n1.Cc1cccc(C(C)C)n1.Cc1cccc(C(C)C)n1.Cc1cncc(C(C)(C)C)c1.Cc1ncc(C(C)C)nc1Br. The first kappa shape index (κ1) is 111. The molecule has 0 spiro atoms. The topological polar surface area (TPSA) is 138 Å². The number of nitrogens with zero attached hydrogens (tertiary/aromatic N) is 10. The van der Waals surface area contributed by atoms with E-state index in [1.165, 1.54) is 59.9 Å². The first-order valence-electron chi connectivity index (χ1n) is 43.9. The minimum absolute atomic E-state index is 0.0648. The number of ether oxygens (including phenoxy) is 1. The summed E-state index contributed by atoms with van der Waals surface area (Å²) < 4.78 is 45.8.